The highest BCUT2D eigenvalue weighted by Gasteiger charge is 2.31. The molecule has 0 spiro atoms. The average Bonchev–Trinajstić information content (AvgIpc) is 3.00. The molecular weight excluding hydrogens is 384 g/mol. The molecule has 158 valence electrons. The number of hydrogen-bond acceptors (Lipinski definition) is 5. The maximum Gasteiger partial charge on any atom is 0.329 e. The van der Waals surface area contributed by atoms with Crippen molar-refractivity contribution in [1.82, 2.24) is 19.8 Å². The molecule has 2 amide bonds. The number of nitrogens with zero attached hydrogens (tertiary/aromatic N) is 2. The van der Waals surface area contributed by atoms with E-state index in [2.05, 4.69) is 22.5 Å². The molecule has 8 heteroatoms. The van der Waals surface area contributed by atoms with Gasteiger partial charge in [-0.05, 0) is 44.5 Å². The Morgan fingerprint density at radius 3 is 2.73 bits per heavy atom. The van der Waals surface area contributed by atoms with E-state index in [4.69, 9.17) is 4.74 Å². The first-order valence-corrected chi connectivity index (χ1v) is 10.4. The molecule has 1 aromatic carbocycles. The number of hydrogen-bond donors (Lipinski definition) is 2. The van der Waals surface area contributed by atoms with Gasteiger partial charge in [0, 0.05) is 19.9 Å². The van der Waals surface area contributed by atoms with Crippen LogP contribution in [0.15, 0.2) is 23.0 Å². The molecule has 1 atom stereocenters. The number of rotatable bonds is 4. The summed E-state index contributed by atoms with van der Waals surface area (Å²) < 4.78 is 8.88. The van der Waals surface area contributed by atoms with Crippen LogP contribution in [-0.4, -0.2) is 46.7 Å². The van der Waals surface area contributed by atoms with Gasteiger partial charge in [-0.1, -0.05) is 17.9 Å². The molecule has 4 rings (SSSR count). The van der Waals surface area contributed by atoms with E-state index in [0.29, 0.717) is 36.6 Å². The number of ether oxygens (including phenoxy) is 1. The highest BCUT2D eigenvalue weighted by Crippen LogP contribution is 2.24. The second-order valence-corrected chi connectivity index (χ2v) is 7.72. The molecule has 2 aliphatic heterocycles. The van der Waals surface area contributed by atoms with Crippen molar-refractivity contribution in [1.29, 1.82) is 0 Å². The fraction of sp³-hybridized carbons (Fsp3) is 0.500. The summed E-state index contributed by atoms with van der Waals surface area (Å²) in [5, 5.41) is 5.64. The lowest BCUT2D eigenvalue weighted by atomic mass is 10.1. The average molecular weight is 410 g/mol. The highest BCUT2D eigenvalue weighted by atomic mass is 16.5. The molecule has 2 N–H and O–H groups in total. The number of imidazole rings is 1. The van der Waals surface area contributed by atoms with Crippen molar-refractivity contribution in [3.05, 3.63) is 34.2 Å². The number of amides is 2. The van der Waals surface area contributed by atoms with E-state index in [1.807, 2.05) is 18.2 Å². The van der Waals surface area contributed by atoms with E-state index < -0.39 is 11.9 Å². The Morgan fingerprint density at radius 1 is 1.17 bits per heavy atom. The molecule has 30 heavy (non-hydrogen) atoms. The molecule has 2 aliphatic rings. The van der Waals surface area contributed by atoms with Gasteiger partial charge in [-0.25, -0.2) is 4.79 Å². The Labute approximate surface area is 174 Å². The van der Waals surface area contributed by atoms with Gasteiger partial charge in [0.05, 0.1) is 29.3 Å². The van der Waals surface area contributed by atoms with Crippen LogP contribution in [-0.2, 0) is 21.4 Å². The van der Waals surface area contributed by atoms with Gasteiger partial charge in [0.2, 0.25) is 11.8 Å². The summed E-state index contributed by atoms with van der Waals surface area (Å²) in [6.07, 6.45) is 3.51. The first-order valence-electron chi connectivity index (χ1n) is 10.4. The third-order valence-electron chi connectivity index (χ3n) is 5.71. The number of carbonyl (C=O) groups is 2. The molecule has 3 heterocycles. The van der Waals surface area contributed by atoms with Gasteiger partial charge in [0.25, 0.3) is 0 Å². The summed E-state index contributed by atoms with van der Waals surface area (Å²) >= 11 is 0. The molecule has 2 aromatic rings. The number of para-hydroxylation sites is 1. The minimum absolute atomic E-state index is 0.218. The van der Waals surface area contributed by atoms with Crippen LogP contribution in [0.2, 0.25) is 0 Å². The lowest BCUT2D eigenvalue weighted by Crippen LogP contribution is -2.44. The van der Waals surface area contributed by atoms with Crippen molar-refractivity contribution in [2.75, 3.05) is 19.7 Å². The second kappa shape index (κ2) is 8.86. The fourth-order valence-corrected chi connectivity index (χ4v) is 4.17. The van der Waals surface area contributed by atoms with E-state index in [0.717, 1.165) is 31.5 Å². The van der Waals surface area contributed by atoms with Gasteiger partial charge in [-0.15, -0.1) is 0 Å². The standard InChI is InChI=1S/C22H26N4O4/c1-25-20-15(5-2-3-14-30-16-10-12-23-13-11-16)6-4-7-17(20)26(22(25)29)18-8-9-19(27)24-21(18)28/h4,6-7,16,18,23H,3,8-14H2,1H3,(H,24,27,28). The van der Waals surface area contributed by atoms with Crippen molar-refractivity contribution in [3.63, 3.8) is 0 Å². The minimum atomic E-state index is -0.694. The quantitative estimate of drug-likeness (QED) is 0.442. The zero-order valence-electron chi connectivity index (χ0n) is 17.1. The third-order valence-corrected chi connectivity index (χ3v) is 5.71. The maximum atomic E-state index is 12.9. The van der Waals surface area contributed by atoms with Crippen LogP contribution in [0.25, 0.3) is 11.0 Å². The van der Waals surface area contributed by atoms with Crippen molar-refractivity contribution < 1.29 is 14.3 Å². The van der Waals surface area contributed by atoms with E-state index in [1.54, 1.807) is 7.05 Å². The van der Waals surface area contributed by atoms with Gasteiger partial charge >= 0.3 is 5.69 Å². The van der Waals surface area contributed by atoms with Gasteiger partial charge in [-0.2, -0.15) is 0 Å². The topological polar surface area (TPSA) is 94.4 Å². The van der Waals surface area contributed by atoms with Crippen LogP contribution < -0.4 is 16.3 Å². The minimum Gasteiger partial charge on any atom is -0.377 e. The van der Waals surface area contributed by atoms with Gasteiger partial charge in [-0.3, -0.25) is 24.0 Å². The number of aromatic nitrogens is 2. The molecule has 0 aliphatic carbocycles. The Morgan fingerprint density at radius 2 is 1.97 bits per heavy atom. The lowest BCUT2D eigenvalue weighted by molar-refractivity contribution is -0.135. The van der Waals surface area contributed by atoms with Gasteiger partial charge in [0.1, 0.15) is 6.04 Å². The monoisotopic (exact) mass is 410 g/mol. The number of aryl methyl sites for hydroxylation is 1. The number of fused-ring (bicyclic) bond motifs is 1. The van der Waals surface area contributed by atoms with Gasteiger partial charge in [0.15, 0.2) is 0 Å². The Kier molecular flexibility index (Phi) is 6.02. The summed E-state index contributed by atoms with van der Waals surface area (Å²) in [7, 11) is 1.68. The Balaban J connectivity index is 1.55. The molecule has 2 saturated heterocycles. The Hall–Kier alpha value is -2.89. The summed E-state index contributed by atoms with van der Waals surface area (Å²) in [6.45, 7) is 2.58. The van der Waals surface area contributed by atoms with E-state index in [1.165, 1.54) is 9.13 Å². The number of nitrogens with one attached hydrogen (secondary N) is 2. The van der Waals surface area contributed by atoms with E-state index in [9.17, 15) is 14.4 Å². The molecule has 8 nitrogen and oxygen atoms in total. The van der Waals surface area contributed by atoms with Gasteiger partial charge < -0.3 is 10.1 Å². The van der Waals surface area contributed by atoms with Crippen molar-refractivity contribution in [3.8, 4) is 11.8 Å². The van der Waals surface area contributed by atoms with Crippen LogP contribution in [0, 0.1) is 11.8 Å². The zero-order chi connectivity index (χ0) is 21.1. The molecule has 2 fully saturated rings. The number of carbonyl (C=O) groups excluding carboxylic acids is 2. The first-order chi connectivity index (χ1) is 14.6. The number of benzene rings is 1. The predicted octanol–water partition coefficient (Wildman–Crippen LogP) is 0.828. The van der Waals surface area contributed by atoms with E-state index >= 15 is 0 Å². The molecule has 0 bridgehead atoms. The molecule has 1 unspecified atom stereocenters. The summed E-state index contributed by atoms with van der Waals surface area (Å²) in [5.74, 6) is 5.56. The summed E-state index contributed by atoms with van der Waals surface area (Å²) in [4.78, 5) is 36.7. The van der Waals surface area contributed by atoms with Crippen LogP contribution in [0.4, 0.5) is 0 Å². The molecule has 1 aromatic heterocycles. The van der Waals surface area contributed by atoms with Crippen molar-refractivity contribution in [2.45, 2.75) is 44.2 Å². The molecule has 0 saturated carbocycles. The third kappa shape index (κ3) is 4.04. The van der Waals surface area contributed by atoms with Crippen molar-refractivity contribution in [2.24, 2.45) is 7.05 Å². The van der Waals surface area contributed by atoms with Crippen LogP contribution in [0.1, 0.15) is 43.7 Å². The maximum absolute atomic E-state index is 12.9. The molecular formula is C22H26N4O4. The van der Waals surface area contributed by atoms with E-state index in [-0.39, 0.29) is 18.0 Å². The van der Waals surface area contributed by atoms with Crippen LogP contribution >= 0.6 is 0 Å². The van der Waals surface area contributed by atoms with Crippen LogP contribution in [0.3, 0.4) is 0 Å². The fourth-order valence-electron chi connectivity index (χ4n) is 4.17. The highest BCUT2D eigenvalue weighted by molar-refractivity contribution is 6.00. The lowest BCUT2D eigenvalue weighted by Gasteiger charge is -2.22. The second-order valence-electron chi connectivity index (χ2n) is 7.72. The van der Waals surface area contributed by atoms with Crippen LogP contribution in [0.5, 0.6) is 0 Å². The number of imide groups is 1. The zero-order valence-corrected chi connectivity index (χ0v) is 17.1. The smallest absolute Gasteiger partial charge is 0.329 e. The molecule has 0 radical (unpaired) electrons. The van der Waals surface area contributed by atoms with Crippen molar-refractivity contribution >= 4 is 22.8 Å². The Bertz CT molecular complexity index is 1080. The predicted molar refractivity (Wildman–Crippen MR) is 112 cm³/mol. The number of piperidine rings is 2. The first kappa shape index (κ1) is 20.4. The summed E-state index contributed by atoms with van der Waals surface area (Å²) in [6, 6.07) is 4.82. The normalized spacial score (nSPS) is 20.1. The summed E-state index contributed by atoms with van der Waals surface area (Å²) in [5.41, 5.74) is 1.79. The SMILES string of the molecule is Cn1c(=O)n(C2CCC(=O)NC2=O)c2cccc(C#CCCOC3CCNCC3)c21. The largest absolute Gasteiger partial charge is 0.377 e.